The van der Waals surface area contributed by atoms with E-state index in [1.807, 2.05) is 43.7 Å². The molecule has 0 bridgehead atoms. The number of amides is 1. The summed E-state index contributed by atoms with van der Waals surface area (Å²) < 4.78 is 7.31. The number of rotatable bonds is 0. The molecule has 1 aliphatic heterocycles. The molecule has 1 aliphatic rings. The number of nitrogens with zero attached hydrogens (tertiary/aromatic N) is 2. The molecule has 1 N–H and O–H groups in total. The van der Waals surface area contributed by atoms with Gasteiger partial charge in [0, 0.05) is 11.9 Å². The van der Waals surface area contributed by atoms with E-state index in [2.05, 4.69) is 0 Å². The van der Waals surface area contributed by atoms with Gasteiger partial charge in [0.2, 0.25) is 0 Å². The predicted octanol–water partition coefficient (Wildman–Crippen LogP) is 1.60. The van der Waals surface area contributed by atoms with Gasteiger partial charge in [-0.3, -0.25) is 4.90 Å². The van der Waals surface area contributed by atoms with Crippen molar-refractivity contribution in [1.29, 1.82) is 0 Å². The molecule has 0 aromatic carbocycles. The maximum absolute atomic E-state index is 12.0. The molecule has 0 saturated carbocycles. The minimum absolute atomic E-state index is 0.302. The second kappa shape index (κ2) is 4.65. The van der Waals surface area contributed by atoms with Gasteiger partial charge in [-0.1, -0.05) is 0 Å². The van der Waals surface area contributed by atoms with Crippen LogP contribution in [0.5, 0.6) is 0 Å². The largest absolute Gasteiger partial charge is 0.444 e. The number of aliphatic hydroxyl groups excluding tert-OH is 1. The zero-order valence-electron chi connectivity index (χ0n) is 11.1. The molecule has 1 amide bonds. The van der Waals surface area contributed by atoms with Gasteiger partial charge in [-0.25, -0.2) is 4.79 Å². The second-order valence-electron chi connectivity index (χ2n) is 5.67. The fraction of sp³-hybridized carbons (Fsp3) is 0.615. The lowest BCUT2D eigenvalue weighted by Crippen LogP contribution is -2.39. The number of carbonyl (C=O) groups excluding carboxylic acids is 1. The number of aromatic nitrogens is 1. The van der Waals surface area contributed by atoms with Crippen molar-refractivity contribution >= 4 is 6.09 Å². The van der Waals surface area contributed by atoms with E-state index in [9.17, 15) is 9.90 Å². The van der Waals surface area contributed by atoms with Gasteiger partial charge < -0.3 is 14.4 Å². The van der Waals surface area contributed by atoms with Crippen LogP contribution in [0.2, 0.25) is 0 Å². The van der Waals surface area contributed by atoms with E-state index >= 15 is 0 Å². The summed E-state index contributed by atoms with van der Waals surface area (Å²) in [5.41, 5.74) is 0.494. The fourth-order valence-electron chi connectivity index (χ4n) is 2.04. The molecule has 1 aromatic heterocycles. The Balaban J connectivity index is 2.12. The molecule has 1 unspecified atom stereocenters. The van der Waals surface area contributed by atoms with E-state index in [0.29, 0.717) is 19.6 Å². The van der Waals surface area contributed by atoms with Crippen molar-refractivity contribution in [3.05, 3.63) is 24.0 Å². The molecule has 100 valence electrons. The van der Waals surface area contributed by atoms with Gasteiger partial charge in [0.1, 0.15) is 5.60 Å². The van der Waals surface area contributed by atoms with Crippen molar-refractivity contribution in [1.82, 2.24) is 9.47 Å². The maximum atomic E-state index is 12.0. The highest BCUT2D eigenvalue weighted by molar-refractivity contribution is 5.68. The molecule has 0 radical (unpaired) electrons. The van der Waals surface area contributed by atoms with Crippen LogP contribution in [0.1, 0.15) is 26.5 Å². The minimum atomic E-state index is -0.564. The molecule has 5 heteroatoms. The molecule has 1 atom stereocenters. The van der Waals surface area contributed by atoms with Crippen LogP contribution in [0.3, 0.4) is 0 Å². The lowest BCUT2D eigenvalue weighted by molar-refractivity contribution is 0.0139. The zero-order valence-corrected chi connectivity index (χ0v) is 11.1. The Bertz CT molecular complexity index is 434. The summed E-state index contributed by atoms with van der Waals surface area (Å²) in [6, 6.07) is 3.87. The van der Waals surface area contributed by atoms with Gasteiger partial charge >= 0.3 is 6.09 Å². The number of β-amino-alcohol motifs (C(OH)–C–C–N with tert-alkyl or cyclic N) is 1. The summed E-state index contributed by atoms with van der Waals surface area (Å²) in [5.74, 6) is 0. The third kappa shape index (κ3) is 3.04. The summed E-state index contributed by atoms with van der Waals surface area (Å²) in [4.78, 5) is 13.6. The standard InChI is InChI=1S/C13H20N2O3/c1-13(2,3)18-12(17)15-7-10-5-4-6-14(10)8-11(16)9-15/h4-6,11,16H,7-9H2,1-3H3. The fourth-order valence-corrected chi connectivity index (χ4v) is 2.04. The van der Waals surface area contributed by atoms with Crippen molar-refractivity contribution in [3.8, 4) is 0 Å². The van der Waals surface area contributed by atoms with Gasteiger partial charge in [0.25, 0.3) is 0 Å². The van der Waals surface area contributed by atoms with Crippen molar-refractivity contribution in [2.75, 3.05) is 6.54 Å². The highest BCUT2D eigenvalue weighted by atomic mass is 16.6. The molecular formula is C13H20N2O3. The average Bonchev–Trinajstić information content (AvgIpc) is 2.55. The third-order valence-electron chi connectivity index (χ3n) is 2.77. The van der Waals surface area contributed by atoms with Gasteiger partial charge in [-0.2, -0.15) is 0 Å². The van der Waals surface area contributed by atoms with Crippen molar-refractivity contribution in [2.45, 2.75) is 45.6 Å². The third-order valence-corrected chi connectivity index (χ3v) is 2.77. The molecule has 18 heavy (non-hydrogen) atoms. The first-order chi connectivity index (χ1) is 8.35. The lowest BCUT2D eigenvalue weighted by atomic mass is 10.2. The number of hydrogen-bond acceptors (Lipinski definition) is 3. The van der Waals surface area contributed by atoms with E-state index in [-0.39, 0.29) is 6.09 Å². The van der Waals surface area contributed by atoms with Gasteiger partial charge in [-0.15, -0.1) is 0 Å². The molecule has 0 aliphatic carbocycles. The first-order valence-corrected chi connectivity index (χ1v) is 6.15. The number of fused-ring (bicyclic) bond motifs is 1. The number of ether oxygens (including phenoxy) is 1. The molecule has 2 rings (SSSR count). The van der Waals surface area contributed by atoms with Crippen molar-refractivity contribution in [2.24, 2.45) is 0 Å². The lowest BCUT2D eigenvalue weighted by Gasteiger charge is -2.27. The topological polar surface area (TPSA) is 54.7 Å². The van der Waals surface area contributed by atoms with E-state index in [4.69, 9.17) is 4.74 Å². The molecule has 0 spiro atoms. The van der Waals surface area contributed by atoms with E-state index in [0.717, 1.165) is 5.69 Å². The highest BCUT2D eigenvalue weighted by Gasteiger charge is 2.27. The summed E-state index contributed by atoms with van der Waals surface area (Å²) in [6.45, 7) is 6.79. The first-order valence-electron chi connectivity index (χ1n) is 6.15. The van der Waals surface area contributed by atoms with Crippen LogP contribution in [0.15, 0.2) is 18.3 Å². The van der Waals surface area contributed by atoms with E-state index in [1.165, 1.54) is 0 Å². The van der Waals surface area contributed by atoms with E-state index in [1.54, 1.807) is 4.90 Å². The maximum Gasteiger partial charge on any atom is 0.410 e. The van der Waals surface area contributed by atoms with Gasteiger partial charge in [-0.05, 0) is 32.9 Å². The van der Waals surface area contributed by atoms with Crippen molar-refractivity contribution < 1.29 is 14.6 Å². The molecule has 1 aromatic rings. The summed E-state index contributed by atoms with van der Waals surface area (Å²) in [7, 11) is 0. The Morgan fingerprint density at radius 2 is 2.17 bits per heavy atom. The van der Waals surface area contributed by atoms with Gasteiger partial charge in [0.15, 0.2) is 0 Å². The molecule has 5 nitrogen and oxygen atoms in total. The van der Waals surface area contributed by atoms with Crippen LogP contribution in [-0.4, -0.2) is 38.9 Å². The molecule has 0 fully saturated rings. The van der Waals surface area contributed by atoms with Crippen molar-refractivity contribution in [3.63, 3.8) is 0 Å². The summed E-state index contributed by atoms with van der Waals surface area (Å²) >= 11 is 0. The zero-order chi connectivity index (χ0) is 13.3. The Hall–Kier alpha value is -1.49. The highest BCUT2D eigenvalue weighted by Crippen LogP contribution is 2.17. The van der Waals surface area contributed by atoms with Crippen LogP contribution in [0, 0.1) is 0 Å². The Labute approximate surface area is 107 Å². The van der Waals surface area contributed by atoms with Crippen LogP contribution >= 0.6 is 0 Å². The monoisotopic (exact) mass is 252 g/mol. The molecule has 0 saturated heterocycles. The van der Waals surface area contributed by atoms with Gasteiger partial charge in [0.05, 0.1) is 25.7 Å². The molecular weight excluding hydrogens is 232 g/mol. The second-order valence-corrected chi connectivity index (χ2v) is 5.67. The Kier molecular flexibility index (Phi) is 3.34. The smallest absolute Gasteiger partial charge is 0.410 e. The predicted molar refractivity (Wildman–Crippen MR) is 67.1 cm³/mol. The van der Waals surface area contributed by atoms with Crippen LogP contribution in [0.4, 0.5) is 4.79 Å². The minimum Gasteiger partial charge on any atom is -0.444 e. The normalized spacial score (nSPS) is 20.2. The SMILES string of the molecule is CC(C)(C)OC(=O)N1Cc2cccn2CC(O)C1. The number of carbonyl (C=O) groups is 1. The average molecular weight is 252 g/mol. The Morgan fingerprint density at radius 1 is 1.44 bits per heavy atom. The van der Waals surface area contributed by atoms with Crippen LogP contribution in [0.25, 0.3) is 0 Å². The number of aliphatic hydroxyl groups is 1. The quantitative estimate of drug-likeness (QED) is 0.763. The first kappa shape index (κ1) is 13.0. The van der Waals surface area contributed by atoms with Crippen LogP contribution < -0.4 is 0 Å². The Morgan fingerprint density at radius 3 is 2.83 bits per heavy atom. The number of hydrogen-bond donors (Lipinski definition) is 1. The molecule has 2 heterocycles. The van der Waals surface area contributed by atoms with E-state index < -0.39 is 11.7 Å². The summed E-state index contributed by atoms with van der Waals surface area (Å²) in [5, 5.41) is 9.90. The van der Waals surface area contributed by atoms with Crippen LogP contribution in [-0.2, 0) is 17.8 Å². The summed E-state index contributed by atoms with van der Waals surface area (Å²) in [6.07, 6.45) is 0.972.